The van der Waals surface area contributed by atoms with Gasteiger partial charge in [-0.1, -0.05) is 62.1 Å². The van der Waals surface area contributed by atoms with Crippen LogP contribution in [0.5, 0.6) is 5.75 Å². The molecule has 0 atom stereocenters. The van der Waals surface area contributed by atoms with Crippen LogP contribution in [0.1, 0.15) is 70.7 Å². The number of hydrogen-bond acceptors (Lipinski definition) is 4. The average Bonchev–Trinajstić information content (AvgIpc) is 2.25. The quantitative estimate of drug-likeness (QED) is 0.641. The molecule has 0 aromatic heterocycles. The van der Waals surface area contributed by atoms with Crippen molar-refractivity contribution in [1.82, 2.24) is 0 Å². The molecule has 1 N–H and O–H groups in total. The summed E-state index contributed by atoms with van der Waals surface area (Å²) in [5.41, 5.74) is 2.01. The second-order valence-electron chi connectivity index (χ2n) is 7.91. The molecule has 0 fully saturated rings. The van der Waals surface area contributed by atoms with E-state index in [1.807, 2.05) is 48.5 Å². The van der Waals surface area contributed by atoms with Gasteiger partial charge in [-0.15, -0.1) is 0 Å². The molecular formula is C17H27NiO4P. The molecule has 0 radical (unpaired) electrons. The van der Waals surface area contributed by atoms with Gasteiger partial charge in [0.2, 0.25) is 0 Å². The molecule has 23 heavy (non-hydrogen) atoms. The van der Waals surface area contributed by atoms with Gasteiger partial charge in [-0.3, -0.25) is 0 Å². The van der Waals surface area contributed by atoms with Gasteiger partial charge in [0.15, 0.2) is 0 Å². The fraction of sp³-hybridized carbons (Fsp3) is 0.647. The fourth-order valence-electron chi connectivity index (χ4n) is 2.90. The number of rotatable bonds is 3. The van der Waals surface area contributed by atoms with Gasteiger partial charge in [-0.05, 0) is 33.9 Å². The molecule has 0 amide bonds. The maximum Gasteiger partial charge on any atom is 2.00 e. The van der Waals surface area contributed by atoms with E-state index in [9.17, 15) is 19.5 Å². The normalized spacial score (nSPS) is 12.9. The van der Waals surface area contributed by atoms with Crippen LogP contribution < -0.4 is 9.79 Å². The van der Waals surface area contributed by atoms with E-state index in [1.54, 1.807) is 6.07 Å². The summed E-state index contributed by atoms with van der Waals surface area (Å²) in [5, 5.41) is 10.8. The Morgan fingerprint density at radius 3 is 1.87 bits per heavy atom. The first-order valence-corrected chi connectivity index (χ1v) is 9.31. The zero-order chi connectivity index (χ0) is 17.5. The first kappa shape index (κ1) is 22.7. The van der Waals surface area contributed by atoms with Crippen molar-refractivity contribution < 1.29 is 35.9 Å². The summed E-state index contributed by atoms with van der Waals surface area (Å²) in [6.45, 7) is 13.7. The molecule has 0 aliphatic heterocycles. The first-order chi connectivity index (χ1) is 9.68. The summed E-state index contributed by atoms with van der Waals surface area (Å²) >= 11 is 0. The third-order valence-electron chi connectivity index (χ3n) is 3.78. The Morgan fingerprint density at radius 2 is 1.57 bits per heavy atom. The van der Waals surface area contributed by atoms with Crippen LogP contribution in [-0.2, 0) is 44.5 Å². The molecule has 6 heteroatoms. The first-order valence-electron chi connectivity index (χ1n) is 7.58. The summed E-state index contributed by atoms with van der Waals surface area (Å²) in [6, 6.07) is 1.69. The Balaban J connectivity index is 0.00000484. The molecule has 1 aromatic carbocycles. The molecule has 1 rings (SSSR count). The SMILES string of the molecule is CCc1c(CP(=O)([O-])[O-])cc(C(C)(C)C)c(O)c1C(C)(C)C.[Ni+2]. The van der Waals surface area contributed by atoms with E-state index in [0.717, 1.165) is 11.1 Å². The number of aromatic hydroxyl groups is 1. The third-order valence-corrected chi connectivity index (χ3v) is 4.50. The maximum atomic E-state index is 11.3. The molecule has 4 nitrogen and oxygen atoms in total. The predicted octanol–water partition coefficient (Wildman–Crippen LogP) is 2.96. The predicted molar refractivity (Wildman–Crippen MR) is 86.2 cm³/mol. The Morgan fingerprint density at radius 1 is 1.09 bits per heavy atom. The van der Waals surface area contributed by atoms with Crippen molar-refractivity contribution >= 4 is 7.60 Å². The number of phenolic OH excluding ortho intramolecular Hbond substituents is 1. The van der Waals surface area contributed by atoms with E-state index in [4.69, 9.17) is 0 Å². The fourth-order valence-corrected chi connectivity index (χ4v) is 3.60. The van der Waals surface area contributed by atoms with Crippen LogP contribution >= 0.6 is 7.60 Å². The molecule has 134 valence electrons. The van der Waals surface area contributed by atoms with Crippen LogP contribution in [-0.4, -0.2) is 5.11 Å². The second kappa shape index (κ2) is 7.27. The minimum Gasteiger partial charge on any atom is -0.810 e. The van der Waals surface area contributed by atoms with Gasteiger partial charge in [0, 0.05) is 11.7 Å². The van der Waals surface area contributed by atoms with Gasteiger partial charge < -0.3 is 19.5 Å². The van der Waals surface area contributed by atoms with Gasteiger partial charge in [-0.25, -0.2) is 0 Å². The standard InChI is InChI=1S/C17H29O4P.Ni/c1-8-12-11(10-22(19,20)21)9-13(16(2,3)4)15(18)14(12)17(5,6)7;/h9,18H,8,10H2,1-7H3,(H2,19,20,21);/q;+2/p-2. The maximum absolute atomic E-state index is 11.3. The van der Waals surface area contributed by atoms with Crippen LogP contribution in [0.15, 0.2) is 6.07 Å². The number of hydrogen-bond donors (Lipinski definition) is 1. The van der Waals surface area contributed by atoms with Crippen LogP contribution in [0.3, 0.4) is 0 Å². The van der Waals surface area contributed by atoms with E-state index in [1.165, 1.54) is 0 Å². The second-order valence-corrected chi connectivity index (χ2v) is 9.45. The molecule has 0 bridgehead atoms. The molecular weight excluding hydrogens is 358 g/mol. The van der Waals surface area contributed by atoms with E-state index in [0.29, 0.717) is 17.5 Å². The van der Waals surface area contributed by atoms with Crippen molar-refractivity contribution in [1.29, 1.82) is 0 Å². The van der Waals surface area contributed by atoms with Gasteiger partial charge in [0.1, 0.15) is 5.75 Å². The van der Waals surface area contributed by atoms with Gasteiger partial charge in [0.25, 0.3) is 0 Å². The van der Waals surface area contributed by atoms with Crippen molar-refractivity contribution in [3.8, 4) is 5.75 Å². The average molecular weight is 385 g/mol. The molecule has 0 spiro atoms. The Kier molecular flexibility index (Phi) is 7.17. The molecule has 0 heterocycles. The minimum absolute atomic E-state index is 0. The van der Waals surface area contributed by atoms with Crippen molar-refractivity contribution in [3.05, 3.63) is 28.3 Å². The summed E-state index contributed by atoms with van der Waals surface area (Å²) in [7, 11) is -4.67. The van der Waals surface area contributed by atoms with Crippen LogP contribution in [0.25, 0.3) is 0 Å². The van der Waals surface area contributed by atoms with Gasteiger partial charge in [-0.2, -0.15) is 0 Å². The van der Waals surface area contributed by atoms with Crippen molar-refractivity contribution in [2.75, 3.05) is 0 Å². The molecule has 0 aliphatic rings. The van der Waals surface area contributed by atoms with Crippen LogP contribution in [0.2, 0.25) is 0 Å². The van der Waals surface area contributed by atoms with Crippen molar-refractivity contribution in [2.24, 2.45) is 0 Å². The largest absolute Gasteiger partial charge is 2.00 e. The van der Waals surface area contributed by atoms with E-state index in [2.05, 4.69) is 0 Å². The van der Waals surface area contributed by atoms with Gasteiger partial charge >= 0.3 is 16.5 Å². The topological polar surface area (TPSA) is 83.4 Å². The summed E-state index contributed by atoms with van der Waals surface area (Å²) in [4.78, 5) is 22.6. The van der Waals surface area contributed by atoms with Crippen LogP contribution in [0, 0.1) is 0 Å². The minimum atomic E-state index is -4.67. The summed E-state index contributed by atoms with van der Waals surface area (Å²) in [5.74, 6) is 0.215. The van der Waals surface area contributed by atoms with Crippen molar-refractivity contribution in [2.45, 2.75) is 71.9 Å². The monoisotopic (exact) mass is 384 g/mol. The van der Waals surface area contributed by atoms with E-state index < -0.39 is 13.8 Å². The molecule has 0 saturated heterocycles. The summed E-state index contributed by atoms with van der Waals surface area (Å²) in [6.07, 6.45) is 0.0581. The van der Waals surface area contributed by atoms with E-state index >= 15 is 0 Å². The zero-order valence-corrected chi connectivity index (χ0v) is 16.8. The van der Waals surface area contributed by atoms with E-state index in [-0.39, 0.29) is 33.1 Å². The molecule has 0 saturated carbocycles. The smallest absolute Gasteiger partial charge is 0.810 e. The molecule has 0 unspecified atom stereocenters. The number of benzene rings is 1. The summed E-state index contributed by atoms with van der Waals surface area (Å²) < 4.78 is 11.3. The Labute approximate surface area is 149 Å². The number of phenols is 1. The Hall–Kier alpha value is -0.336. The third kappa shape index (κ3) is 5.60. The molecule has 0 aliphatic carbocycles. The molecule has 1 aromatic rings. The Bertz CT molecular complexity index is 606. The zero-order valence-electron chi connectivity index (χ0n) is 14.9. The van der Waals surface area contributed by atoms with Gasteiger partial charge in [0.05, 0.1) is 0 Å². The van der Waals surface area contributed by atoms with Crippen molar-refractivity contribution in [3.63, 3.8) is 0 Å². The van der Waals surface area contributed by atoms with Crippen LogP contribution in [0.4, 0.5) is 0 Å².